The molecule has 1 atom stereocenters. The largest absolute Gasteiger partial charge is 0.497 e. The first-order valence-electron chi connectivity index (χ1n) is 7.13. The molecule has 0 spiro atoms. The SMILES string of the molecule is COc1ccc(/C(C)=N\NC(=O)[C@@H]2CCS(=O)(=O)C2)c(OC)c1. The van der Waals surface area contributed by atoms with E-state index in [0.29, 0.717) is 29.2 Å². The lowest BCUT2D eigenvalue weighted by Crippen LogP contribution is -2.28. The van der Waals surface area contributed by atoms with Crippen LogP contribution in [0.15, 0.2) is 23.3 Å². The highest BCUT2D eigenvalue weighted by Gasteiger charge is 2.32. The van der Waals surface area contributed by atoms with Gasteiger partial charge < -0.3 is 9.47 Å². The second-order valence-corrected chi connectivity index (χ2v) is 7.57. The fraction of sp³-hybridized carbons (Fsp3) is 0.467. The maximum atomic E-state index is 12.0. The molecule has 1 fully saturated rings. The van der Waals surface area contributed by atoms with Crippen molar-refractivity contribution < 1.29 is 22.7 Å². The molecular formula is C15H20N2O5S. The average Bonchev–Trinajstić information content (AvgIpc) is 2.91. The molecule has 23 heavy (non-hydrogen) atoms. The number of amides is 1. The molecule has 1 N–H and O–H groups in total. The summed E-state index contributed by atoms with van der Waals surface area (Å²) in [5.74, 6) is 0.258. The molecule has 1 aromatic rings. The molecule has 2 rings (SSSR count). The predicted octanol–water partition coefficient (Wildman–Crippen LogP) is 0.979. The smallest absolute Gasteiger partial charge is 0.244 e. The van der Waals surface area contributed by atoms with Crippen LogP contribution in [0.3, 0.4) is 0 Å². The van der Waals surface area contributed by atoms with Crippen LogP contribution >= 0.6 is 0 Å². The summed E-state index contributed by atoms with van der Waals surface area (Å²) in [7, 11) is 0.00324. The first kappa shape index (κ1) is 17.3. The van der Waals surface area contributed by atoms with Crippen molar-refractivity contribution in [2.75, 3.05) is 25.7 Å². The zero-order chi connectivity index (χ0) is 17.0. The van der Waals surface area contributed by atoms with E-state index in [-0.39, 0.29) is 17.4 Å². The fourth-order valence-electron chi connectivity index (χ4n) is 2.39. The zero-order valence-corrected chi connectivity index (χ0v) is 14.1. The van der Waals surface area contributed by atoms with Gasteiger partial charge in [-0.3, -0.25) is 4.79 Å². The van der Waals surface area contributed by atoms with Gasteiger partial charge >= 0.3 is 0 Å². The number of rotatable bonds is 5. The monoisotopic (exact) mass is 340 g/mol. The van der Waals surface area contributed by atoms with E-state index in [4.69, 9.17) is 9.47 Å². The summed E-state index contributed by atoms with van der Waals surface area (Å²) >= 11 is 0. The van der Waals surface area contributed by atoms with Crippen LogP contribution in [-0.2, 0) is 14.6 Å². The summed E-state index contributed by atoms with van der Waals surface area (Å²) in [5.41, 5.74) is 3.71. The highest BCUT2D eigenvalue weighted by molar-refractivity contribution is 7.91. The first-order chi connectivity index (χ1) is 10.9. The topological polar surface area (TPSA) is 94.1 Å². The van der Waals surface area contributed by atoms with E-state index in [2.05, 4.69) is 10.5 Å². The van der Waals surface area contributed by atoms with E-state index in [1.165, 1.54) is 7.11 Å². The molecule has 1 aliphatic heterocycles. The number of carbonyl (C=O) groups excluding carboxylic acids is 1. The van der Waals surface area contributed by atoms with Crippen molar-refractivity contribution >= 4 is 21.5 Å². The minimum absolute atomic E-state index is 0.0556. The van der Waals surface area contributed by atoms with E-state index in [1.54, 1.807) is 32.2 Å². The van der Waals surface area contributed by atoms with Crippen LogP contribution in [0, 0.1) is 5.92 Å². The summed E-state index contributed by atoms with van der Waals surface area (Å²) in [6, 6.07) is 5.27. The average molecular weight is 340 g/mol. The molecule has 0 bridgehead atoms. The van der Waals surface area contributed by atoms with Gasteiger partial charge in [0.1, 0.15) is 11.5 Å². The lowest BCUT2D eigenvalue weighted by atomic mass is 10.1. The van der Waals surface area contributed by atoms with Crippen LogP contribution < -0.4 is 14.9 Å². The third-order valence-electron chi connectivity index (χ3n) is 3.74. The molecule has 1 heterocycles. The van der Waals surface area contributed by atoms with Crippen LogP contribution in [0.5, 0.6) is 11.5 Å². The summed E-state index contributed by atoms with van der Waals surface area (Å²) in [4.78, 5) is 12.0. The molecule has 0 saturated carbocycles. The highest BCUT2D eigenvalue weighted by Crippen LogP contribution is 2.25. The van der Waals surface area contributed by atoms with Gasteiger partial charge in [-0.1, -0.05) is 0 Å². The standard InChI is InChI=1S/C15H20N2O5S/c1-10(13-5-4-12(21-2)8-14(13)22-3)16-17-15(18)11-6-7-23(19,20)9-11/h4-5,8,11H,6-7,9H2,1-3H3,(H,17,18)/b16-10-/t11-/m1/s1. The Morgan fingerprint density at radius 1 is 1.30 bits per heavy atom. The van der Waals surface area contributed by atoms with Gasteiger partial charge in [-0.15, -0.1) is 0 Å². The minimum Gasteiger partial charge on any atom is -0.497 e. The Balaban J connectivity index is 2.10. The van der Waals surface area contributed by atoms with Gasteiger partial charge in [0.2, 0.25) is 5.91 Å². The van der Waals surface area contributed by atoms with Crippen molar-refractivity contribution in [3.63, 3.8) is 0 Å². The number of benzene rings is 1. The third-order valence-corrected chi connectivity index (χ3v) is 5.50. The van der Waals surface area contributed by atoms with Crippen LogP contribution in [0.2, 0.25) is 0 Å². The van der Waals surface area contributed by atoms with Crippen molar-refractivity contribution in [2.24, 2.45) is 11.0 Å². The van der Waals surface area contributed by atoms with Crippen LogP contribution in [-0.4, -0.2) is 45.8 Å². The Kier molecular flexibility index (Phi) is 5.25. The van der Waals surface area contributed by atoms with Gasteiger partial charge in [0.25, 0.3) is 0 Å². The molecule has 1 aliphatic rings. The number of nitrogens with one attached hydrogen (secondary N) is 1. The maximum absolute atomic E-state index is 12.0. The minimum atomic E-state index is -3.09. The number of ether oxygens (including phenoxy) is 2. The van der Waals surface area contributed by atoms with Gasteiger partial charge in [0, 0.05) is 11.6 Å². The van der Waals surface area contributed by atoms with Crippen molar-refractivity contribution in [3.8, 4) is 11.5 Å². The molecule has 7 nitrogen and oxygen atoms in total. The van der Waals surface area contributed by atoms with E-state index >= 15 is 0 Å². The van der Waals surface area contributed by atoms with E-state index in [1.807, 2.05) is 0 Å². The quantitative estimate of drug-likeness (QED) is 0.637. The van der Waals surface area contributed by atoms with Crippen molar-refractivity contribution in [2.45, 2.75) is 13.3 Å². The van der Waals surface area contributed by atoms with E-state index < -0.39 is 15.8 Å². The van der Waals surface area contributed by atoms with Crippen molar-refractivity contribution in [1.29, 1.82) is 0 Å². The molecule has 0 aromatic heterocycles. The second-order valence-electron chi connectivity index (χ2n) is 5.34. The van der Waals surface area contributed by atoms with Crippen LogP contribution in [0.1, 0.15) is 18.9 Å². The maximum Gasteiger partial charge on any atom is 0.244 e. The first-order valence-corrected chi connectivity index (χ1v) is 8.95. The molecule has 1 aromatic carbocycles. The molecule has 0 unspecified atom stereocenters. The number of hydrogen-bond acceptors (Lipinski definition) is 6. The lowest BCUT2D eigenvalue weighted by Gasteiger charge is -2.11. The van der Waals surface area contributed by atoms with Gasteiger partial charge in [-0.05, 0) is 25.5 Å². The zero-order valence-electron chi connectivity index (χ0n) is 13.3. The second kappa shape index (κ2) is 6.99. The normalized spacial score (nSPS) is 20.1. The molecule has 1 saturated heterocycles. The Bertz CT molecular complexity index is 727. The lowest BCUT2D eigenvalue weighted by molar-refractivity contribution is -0.124. The molecule has 8 heteroatoms. The predicted molar refractivity (Wildman–Crippen MR) is 86.7 cm³/mol. The fourth-order valence-corrected chi connectivity index (χ4v) is 4.13. The highest BCUT2D eigenvalue weighted by atomic mass is 32.2. The molecule has 0 radical (unpaired) electrons. The van der Waals surface area contributed by atoms with Gasteiger partial charge in [-0.2, -0.15) is 5.10 Å². The Morgan fingerprint density at radius 2 is 2.04 bits per heavy atom. The molecule has 0 aliphatic carbocycles. The summed E-state index contributed by atoms with van der Waals surface area (Å²) in [6.07, 6.45) is 0.342. The number of hydrazone groups is 1. The number of carbonyl (C=O) groups is 1. The third kappa shape index (κ3) is 4.22. The molecule has 126 valence electrons. The Hall–Kier alpha value is -2.09. The number of sulfone groups is 1. The van der Waals surface area contributed by atoms with Crippen LogP contribution in [0.25, 0.3) is 0 Å². The number of nitrogens with zero attached hydrogens (tertiary/aromatic N) is 1. The summed E-state index contributed by atoms with van der Waals surface area (Å²) in [6.45, 7) is 1.73. The van der Waals surface area contributed by atoms with Crippen molar-refractivity contribution in [1.82, 2.24) is 5.43 Å². The van der Waals surface area contributed by atoms with E-state index in [9.17, 15) is 13.2 Å². The number of hydrogen-bond donors (Lipinski definition) is 1. The summed E-state index contributed by atoms with van der Waals surface area (Å²) < 4.78 is 33.2. The molecule has 1 amide bonds. The van der Waals surface area contributed by atoms with E-state index in [0.717, 1.165) is 0 Å². The summed E-state index contributed by atoms with van der Waals surface area (Å²) in [5, 5.41) is 4.05. The van der Waals surface area contributed by atoms with Gasteiger partial charge in [0.15, 0.2) is 9.84 Å². The Morgan fingerprint density at radius 3 is 2.61 bits per heavy atom. The van der Waals surface area contributed by atoms with Gasteiger partial charge in [0.05, 0.1) is 37.4 Å². The van der Waals surface area contributed by atoms with Crippen molar-refractivity contribution in [3.05, 3.63) is 23.8 Å². The number of methoxy groups -OCH3 is 2. The van der Waals surface area contributed by atoms with Gasteiger partial charge in [-0.25, -0.2) is 13.8 Å². The van der Waals surface area contributed by atoms with Crippen LogP contribution in [0.4, 0.5) is 0 Å². The Labute approximate surface area is 135 Å². The molecular weight excluding hydrogens is 320 g/mol.